The Bertz CT molecular complexity index is 267. The molecule has 0 bridgehead atoms. The highest BCUT2D eigenvalue weighted by Gasteiger charge is 2.09. The first-order valence-electron chi connectivity index (χ1n) is 2.83. The maximum atomic E-state index is 11.0. The van der Waals surface area contributed by atoms with Crippen LogP contribution < -0.4 is 5.73 Å². The summed E-state index contributed by atoms with van der Waals surface area (Å²) in [5.74, 6) is -0.0809. The van der Waals surface area contributed by atoms with Gasteiger partial charge in [0.15, 0.2) is 5.78 Å². The first kappa shape index (κ1) is 9.19. The smallest absolute Gasteiger partial charge is 0.186 e. The van der Waals surface area contributed by atoms with Gasteiger partial charge >= 0.3 is 0 Å². The Morgan fingerprint density at radius 2 is 2.45 bits per heavy atom. The predicted molar refractivity (Wildman–Crippen MR) is 50.4 cm³/mol. The van der Waals surface area contributed by atoms with Crippen LogP contribution in [-0.4, -0.2) is 12.3 Å². The third-order valence-corrected chi connectivity index (χ3v) is 3.62. The summed E-state index contributed by atoms with van der Waals surface area (Å²) in [6.45, 7) is 0.0310. The van der Waals surface area contributed by atoms with Gasteiger partial charge in [-0.15, -0.1) is 11.3 Å². The SMILES string of the molecule is NCC(=O)c1cc(Br)c(Cl)s1. The van der Waals surface area contributed by atoms with Crippen LogP contribution in [0.4, 0.5) is 0 Å². The molecule has 0 aliphatic rings. The Morgan fingerprint density at radius 3 is 2.82 bits per heavy atom. The van der Waals surface area contributed by atoms with E-state index in [2.05, 4.69) is 15.9 Å². The number of ketones is 1. The molecule has 2 N–H and O–H groups in total. The Kier molecular flexibility index (Phi) is 3.06. The van der Waals surface area contributed by atoms with Gasteiger partial charge in [0, 0.05) is 4.47 Å². The molecular formula is C6H5BrClNOS. The van der Waals surface area contributed by atoms with Crippen LogP contribution in [-0.2, 0) is 0 Å². The maximum Gasteiger partial charge on any atom is 0.186 e. The highest BCUT2D eigenvalue weighted by Crippen LogP contribution is 2.31. The summed E-state index contributed by atoms with van der Waals surface area (Å²) in [7, 11) is 0. The largest absolute Gasteiger partial charge is 0.324 e. The summed E-state index contributed by atoms with van der Waals surface area (Å²) in [6.07, 6.45) is 0. The van der Waals surface area contributed by atoms with Gasteiger partial charge in [-0.05, 0) is 22.0 Å². The number of hydrogen-bond donors (Lipinski definition) is 1. The number of thiophene rings is 1. The van der Waals surface area contributed by atoms with Gasteiger partial charge in [-0.1, -0.05) is 11.6 Å². The number of Topliss-reactive ketones (excluding diaryl/α,β-unsaturated/α-hetero) is 1. The van der Waals surface area contributed by atoms with Crippen molar-refractivity contribution < 1.29 is 4.79 Å². The minimum atomic E-state index is -0.0809. The minimum absolute atomic E-state index is 0.0310. The Labute approximate surface area is 81.5 Å². The summed E-state index contributed by atoms with van der Waals surface area (Å²) >= 11 is 10.1. The number of hydrogen-bond acceptors (Lipinski definition) is 3. The van der Waals surface area contributed by atoms with Crippen molar-refractivity contribution in [2.24, 2.45) is 5.73 Å². The van der Waals surface area contributed by atoms with Crippen molar-refractivity contribution in [3.63, 3.8) is 0 Å². The van der Waals surface area contributed by atoms with Gasteiger partial charge in [0.05, 0.1) is 11.4 Å². The zero-order chi connectivity index (χ0) is 8.43. The first-order valence-corrected chi connectivity index (χ1v) is 4.82. The van der Waals surface area contributed by atoms with Gasteiger partial charge in [-0.25, -0.2) is 0 Å². The molecule has 2 nitrogen and oxygen atoms in total. The van der Waals surface area contributed by atoms with Gasteiger partial charge in [0.25, 0.3) is 0 Å². The van der Waals surface area contributed by atoms with E-state index in [0.717, 1.165) is 4.47 Å². The fourth-order valence-corrected chi connectivity index (χ4v) is 2.24. The number of carbonyl (C=O) groups excluding carboxylic acids is 1. The monoisotopic (exact) mass is 253 g/mol. The van der Waals surface area contributed by atoms with Crippen LogP contribution in [0.5, 0.6) is 0 Å². The molecule has 60 valence electrons. The molecule has 0 aliphatic heterocycles. The molecule has 1 heterocycles. The maximum absolute atomic E-state index is 11.0. The summed E-state index contributed by atoms with van der Waals surface area (Å²) in [6, 6.07) is 1.68. The lowest BCUT2D eigenvalue weighted by molar-refractivity contribution is 0.100. The molecule has 0 radical (unpaired) electrons. The van der Waals surface area contributed by atoms with Crippen LogP contribution in [0, 0.1) is 0 Å². The van der Waals surface area contributed by atoms with Gasteiger partial charge in [-0.3, -0.25) is 4.79 Å². The molecular weight excluding hydrogens is 249 g/mol. The Morgan fingerprint density at radius 1 is 1.82 bits per heavy atom. The topological polar surface area (TPSA) is 43.1 Å². The molecule has 0 aliphatic carbocycles. The van der Waals surface area contributed by atoms with Crippen LogP contribution in [0.15, 0.2) is 10.5 Å². The van der Waals surface area contributed by atoms with Crippen molar-refractivity contribution in [3.8, 4) is 0 Å². The van der Waals surface area contributed by atoms with E-state index < -0.39 is 0 Å². The molecule has 0 fully saturated rings. The van der Waals surface area contributed by atoms with Gasteiger partial charge < -0.3 is 5.73 Å². The van der Waals surface area contributed by atoms with E-state index >= 15 is 0 Å². The van der Waals surface area contributed by atoms with E-state index in [1.165, 1.54) is 11.3 Å². The lowest BCUT2D eigenvalue weighted by atomic mass is 10.3. The molecule has 11 heavy (non-hydrogen) atoms. The van der Waals surface area contributed by atoms with Crippen molar-refractivity contribution in [1.82, 2.24) is 0 Å². The average molecular weight is 255 g/mol. The lowest BCUT2D eigenvalue weighted by Gasteiger charge is -1.87. The second-order valence-electron chi connectivity index (χ2n) is 1.86. The van der Waals surface area contributed by atoms with Crippen LogP contribution in [0.25, 0.3) is 0 Å². The molecule has 5 heteroatoms. The van der Waals surface area contributed by atoms with Gasteiger partial charge in [0.2, 0.25) is 0 Å². The lowest BCUT2D eigenvalue weighted by Crippen LogP contribution is -2.11. The van der Waals surface area contributed by atoms with Crippen LogP contribution in [0.1, 0.15) is 9.67 Å². The fraction of sp³-hybridized carbons (Fsp3) is 0.167. The van der Waals surface area contributed by atoms with Crippen molar-refractivity contribution in [1.29, 1.82) is 0 Å². The standard InChI is InChI=1S/C6H5BrClNOS/c7-3-1-5(4(10)2-9)11-6(3)8/h1H,2,9H2. The number of nitrogens with two attached hydrogens (primary N) is 1. The number of rotatable bonds is 2. The van der Waals surface area contributed by atoms with Crippen molar-refractivity contribution in [2.45, 2.75) is 0 Å². The third-order valence-electron chi connectivity index (χ3n) is 1.11. The zero-order valence-corrected chi connectivity index (χ0v) is 8.59. The molecule has 0 amide bonds. The molecule has 0 spiro atoms. The quantitative estimate of drug-likeness (QED) is 0.823. The van der Waals surface area contributed by atoms with Gasteiger partial charge in [0.1, 0.15) is 4.34 Å². The minimum Gasteiger partial charge on any atom is -0.324 e. The van der Waals surface area contributed by atoms with Crippen LogP contribution in [0.3, 0.4) is 0 Å². The highest BCUT2D eigenvalue weighted by molar-refractivity contribution is 9.10. The molecule has 0 aromatic carbocycles. The second-order valence-corrected chi connectivity index (χ2v) is 4.37. The normalized spacial score (nSPS) is 10.1. The second kappa shape index (κ2) is 3.67. The summed E-state index contributed by atoms with van der Waals surface area (Å²) < 4.78 is 1.34. The predicted octanol–water partition coefficient (Wildman–Crippen LogP) is 2.31. The molecule has 1 aromatic heterocycles. The Balaban J connectivity index is 2.97. The first-order chi connectivity index (χ1) is 5.15. The molecule has 1 aromatic rings. The average Bonchev–Trinajstić information content (AvgIpc) is 2.31. The van der Waals surface area contributed by atoms with Gasteiger partial charge in [-0.2, -0.15) is 0 Å². The van der Waals surface area contributed by atoms with Crippen molar-refractivity contribution in [2.75, 3.05) is 6.54 Å². The van der Waals surface area contributed by atoms with E-state index in [4.69, 9.17) is 17.3 Å². The van der Waals surface area contributed by atoms with Crippen LogP contribution in [0.2, 0.25) is 4.34 Å². The molecule has 0 saturated heterocycles. The van der Waals surface area contributed by atoms with Crippen LogP contribution >= 0.6 is 38.9 Å². The van der Waals surface area contributed by atoms with E-state index in [1.54, 1.807) is 6.07 Å². The molecule has 0 atom stereocenters. The summed E-state index contributed by atoms with van der Waals surface area (Å²) in [5.41, 5.74) is 5.16. The highest BCUT2D eigenvalue weighted by atomic mass is 79.9. The molecule has 0 unspecified atom stereocenters. The zero-order valence-electron chi connectivity index (χ0n) is 5.43. The molecule has 1 rings (SSSR count). The van der Waals surface area contributed by atoms with E-state index in [-0.39, 0.29) is 12.3 Å². The number of carbonyl (C=O) groups is 1. The van der Waals surface area contributed by atoms with E-state index in [0.29, 0.717) is 9.21 Å². The van der Waals surface area contributed by atoms with Crippen molar-refractivity contribution in [3.05, 3.63) is 19.8 Å². The van der Waals surface area contributed by atoms with E-state index in [1.807, 2.05) is 0 Å². The summed E-state index contributed by atoms with van der Waals surface area (Å²) in [5, 5.41) is 0. The summed E-state index contributed by atoms with van der Waals surface area (Å²) in [4.78, 5) is 11.6. The fourth-order valence-electron chi connectivity index (χ4n) is 0.585. The van der Waals surface area contributed by atoms with Crippen molar-refractivity contribution >= 4 is 44.7 Å². The third kappa shape index (κ3) is 2.02. The molecule has 0 saturated carbocycles. The Hall–Kier alpha value is 0.1000. The van der Waals surface area contributed by atoms with E-state index in [9.17, 15) is 4.79 Å². The number of halogens is 2.